The first kappa shape index (κ1) is 40.2. The van der Waals surface area contributed by atoms with Crippen LogP contribution in [-0.4, -0.2) is 0 Å². The van der Waals surface area contributed by atoms with E-state index in [2.05, 4.69) is 0 Å². The molecule has 0 fully saturated rings. The Labute approximate surface area is 314 Å². The molecule has 0 radical (unpaired) electrons. The fourth-order valence-electron chi connectivity index (χ4n) is 6.04. The van der Waals surface area contributed by atoms with Gasteiger partial charge in [0.25, 0.3) is 0 Å². The summed E-state index contributed by atoms with van der Waals surface area (Å²) in [5.41, 5.74) is -4.00. The molecule has 0 aliphatic rings. The third-order valence-electron chi connectivity index (χ3n) is 8.55. The molecule has 4 aromatic carbocycles. The molecular formula is C39H28F12N2S2+2. The van der Waals surface area contributed by atoms with Crippen LogP contribution < -0.4 is 9.13 Å². The van der Waals surface area contributed by atoms with Crippen molar-refractivity contribution in [1.29, 1.82) is 0 Å². The number of benzene rings is 4. The van der Waals surface area contributed by atoms with Crippen molar-refractivity contribution >= 4 is 45.3 Å². The summed E-state index contributed by atoms with van der Waals surface area (Å²) in [5.74, 6) is 0. The molecule has 0 amide bonds. The zero-order chi connectivity index (χ0) is 39.8. The Morgan fingerprint density at radius 2 is 0.709 bits per heavy atom. The zero-order valence-electron chi connectivity index (χ0n) is 28.2. The van der Waals surface area contributed by atoms with Crippen LogP contribution in [-0.2, 0) is 37.8 Å². The normalized spacial score (nSPS) is 12.9. The van der Waals surface area contributed by atoms with Crippen LogP contribution in [0.5, 0.6) is 0 Å². The first-order valence-corrected chi connectivity index (χ1v) is 18.2. The van der Waals surface area contributed by atoms with Crippen LogP contribution in [0.4, 0.5) is 52.7 Å². The largest absolute Gasteiger partial charge is 0.416 e. The maximum atomic E-state index is 13.5. The molecule has 0 aliphatic heterocycles. The Balaban J connectivity index is 1.19. The van der Waals surface area contributed by atoms with Crippen molar-refractivity contribution < 1.29 is 61.8 Å². The van der Waals surface area contributed by atoms with Crippen molar-refractivity contribution in [3.63, 3.8) is 0 Å². The molecule has 55 heavy (non-hydrogen) atoms. The summed E-state index contributed by atoms with van der Waals surface area (Å²) in [6, 6.07) is 20.8. The number of nitrogens with zero attached hydrogens (tertiary/aromatic N) is 2. The van der Waals surface area contributed by atoms with E-state index in [0.717, 1.165) is 45.3 Å². The van der Waals surface area contributed by atoms with E-state index >= 15 is 0 Å². The molecular weight excluding hydrogens is 789 g/mol. The molecule has 0 unspecified atom stereocenters. The molecule has 16 heteroatoms. The fourth-order valence-corrected chi connectivity index (χ4v) is 8.05. The summed E-state index contributed by atoms with van der Waals surface area (Å²) < 4.78 is 166. The molecule has 0 saturated carbocycles. The van der Waals surface area contributed by atoms with Gasteiger partial charge in [-0.25, -0.2) is 0 Å². The second-order valence-corrected chi connectivity index (χ2v) is 14.9. The number of hydrogen-bond acceptors (Lipinski definition) is 2. The van der Waals surface area contributed by atoms with Crippen LogP contribution in [0.25, 0.3) is 21.8 Å². The van der Waals surface area contributed by atoms with Crippen molar-refractivity contribution in [2.75, 3.05) is 0 Å². The van der Waals surface area contributed by atoms with Crippen LogP contribution in [0.1, 0.15) is 41.5 Å². The van der Waals surface area contributed by atoms with E-state index in [9.17, 15) is 52.7 Å². The summed E-state index contributed by atoms with van der Waals surface area (Å²) in [5, 5.41) is 1.46. The van der Waals surface area contributed by atoms with Gasteiger partial charge in [-0.05, 0) is 67.1 Å². The van der Waals surface area contributed by atoms with Crippen LogP contribution in [0.3, 0.4) is 0 Å². The van der Waals surface area contributed by atoms with Crippen LogP contribution in [0.15, 0.2) is 129 Å². The number of hydrogen-bond donors (Lipinski definition) is 0. The van der Waals surface area contributed by atoms with Gasteiger partial charge in [0, 0.05) is 45.5 Å². The first-order valence-electron chi connectivity index (χ1n) is 16.5. The number of rotatable bonds is 10. The van der Waals surface area contributed by atoms with Crippen LogP contribution >= 0.6 is 23.5 Å². The van der Waals surface area contributed by atoms with Crippen molar-refractivity contribution in [2.24, 2.45) is 0 Å². The second-order valence-electron chi connectivity index (χ2n) is 12.6. The highest BCUT2D eigenvalue weighted by Gasteiger charge is 2.38. The third-order valence-corrected chi connectivity index (χ3v) is 10.4. The highest BCUT2D eigenvalue weighted by Crippen LogP contribution is 2.42. The molecule has 0 aliphatic carbocycles. The third kappa shape index (κ3) is 10.1. The van der Waals surface area contributed by atoms with Gasteiger partial charge in [-0.2, -0.15) is 61.8 Å². The van der Waals surface area contributed by atoms with Crippen LogP contribution in [0.2, 0.25) is 0 Å². The average molecular weight is 817 g/mol. The van der Waals surface area contributed by atoms with Crippen LogP contribution in [0, 0.1) is 0 Å². The average Bonchev–Trinajstić information content (AvgIpc) is 3.09. The van der Waals surface area contributed by atoms with Gasteiger partial charge in [0.1, 0.15) is 13.1 Å². The van der Waals surface area contributed by atoms with Gasteiger partial charge in [0.2, 0.25) is 11.0 Å². The van der Waals surface area contributed by atoms with Gasteiger partial charge in [-0.1, -0.05) is 47.8 Å². The second kappa shape index (κ2) is 15.6. The predicted octanol–water partition coefficient (Wildman–Crippen LogP) is 12.8. The van der Waals surface area contributed by atoms with E-state index in [1.807, 2.05) is 33.4 Å². The lowest BCUT2D eigenvalue weighted by Crippen LogP contribution is -2.36. The van der Waals surface area contributed by atoms with E-state index in [0.29, 0.717) is 66.4 Å². The lowest BCUT2D eigenvalue weighted by molar-refractivity contribution is -0.677. The summed E-state index contributed by atoms with van der Waals surface area (Å²) in [7, 11) is 0. The van der Waals surface area contributed by atoms with Gasteiger partial charge in [0.15, 0.2) is 12.4 Å². The number of unbranched alkanes of at least 4 members (excludes halogenated alkanes) is 2. The summed E-state index contributed by atoms with van der Waals surface area (Å²) >= 11 is 1.57. The minimum absolute atomic E-state index is 0.0875. The van der Waals surface area contributed by atoms with Crippen molar-refractivity contribution in [2.45, 2.75) is 76.6 Å². The number of pyridine rings is 2. The number of para-hydroxylation sites is 2. The molecule has 6 rings (SSSR count). The van der Waals surface area contributed by atoms with Crippen molar-refractivity contribution in [1.82, 2.24) is 0 Å². The topological polar surface area (TPSA) is 7.76 Å². The summed E-state index contributed by atoms with van der Waals surface area (Å²) in [6.45, 7) is 0.924. The first-order chi connectivity index (χ1) is 25.7. The van der Waals surface area contributed by atoms with Crippen molar-refractivity contribution in [3.8, 4) is 0 Å². The smallest absolute Gasteiger partial charge is 0.197 e. The number of fused-ring (bicyclic) bond motifs is 2. The Hall–Kier alpha value is -4.44. The predicted molar refractivity (Wildman–Crippen MR) is 183 cm³/mol. The minimum atomic E-state index is -4.98. The number of halogens is 12. The molecule has 288 valence electrons. The summed E-state index contributed by atoms with van der Waals surface area (Å²) in [4.78, 5) is 0.432. The molecule has 0 N–H and O–H groups in total. The summed E-state index contributed by atoms with van der Waals surface area (Å²) in [6.07, 6.45) is -14.6. The molecule has 2 nitrogen and oxygen atoms in total. The molecule has 0 bridgehead atoms. The Morgan fingerprint density at radius 3 is 1.04 bits per heavy atom. The van der Waals surface area contributed by atoms with E-state index < -0.39 is 47.0 Å². The van der Waals surface area contributed by atoms with Gasteiger partial charge in [0.05, 0.1) is 32.0 Å². The number of aryl methyl sites for hydroxylation is 2. The molecule has 2 heterocycles. The molecule has 6 aromatic rings. The molecule has 0 saturated heterocycles. The molecule has 2 aromatic heterocycles. The van der Waals surface area contributed by atoms with E-state index in [4.69, 9.17) is 0 Å². The molecule has 0 atom stereocenters. The lowest BCUT2D eigenvalue weighted by Gasteiger charge is -2.14. The Morgan fingerprint density at radius 1 is 0.382 bits per heavy atom. The number of aromatic nitrogens is 2. The van der Waals surface area contributed by atoms with Gasteiger partial charge < -0.3 is 0 Å². The van der Waals surface area contributed by atoms with Crippen molar-refractivity contribution in [3.05, 3.63) is 132 Å². The minimum Gasteiger partial charge on any atom is -0.197 e. The van der Waals surface area contributed by atoms with E-state index in [-0.39, 0.29) is 21.9 Å². The van der Waals surface area contributed by atoms with E-state index in [1.54, 1.807) is 48.8 Å². The highest BCUT2D eigenvalue weighted by atomic mass is 32.2. The van der Waals surface area contributed by atoms with Gasteiger partial charge >= 0.3 is 24.7 Å². The molecule has 0 spiro atoms. The maximum Gasteiger partial charge on any atom is 0.416 e. The van der Waals surface area contributed by atoms with Gasteiger partial charge in [-0.15, -0.1) is 0 Å². The highest BCUT2D eigenvalue weighted by molar-refractivity contribution is 7.99. The fraction of sp³-hybridized carbons (Fsp3) is 0.231. The Kier molecular flexibility index (Phi) is 11.4. The lowest BCUT2D eigenvalue weighted by atomic mass is 10.1. The quantitative estimate of drug-likeness (QED) is 0.0773. The zero-order valence-corrected chi connectivity index (χ0v) is 29.8. The van der Waals surface area contributed by atoms with Gasteiger partial charge in [-0.3, -0.25) is 0 Å². The number of alkyl halides is 12. The standard InChI is InChI=1S/C39H28F12N2S2/c40-36(41,42)26-16-27(37(43,44)45)19-30(18-26)54-32-14-24-8-2-4-10-34(24)52(22-32)12-6-1-7-13-53-23-33(15-25-9-3-5-11-35(25)53)55-31-20-28(38(46,47)48)17-29(21-31)39(49,50)51/h2-5,8-11,14-23H,1,6-7,12-13H2/q+2. The monoisotopic (exact) mass is 816 g/mol. The Bertz CT molecular complexity index is 2100. The maximum absolute atomic E-state index is 13.5. The van der Waals surface area contributed by atoms with E-state index in [1.165, 1.54) is 0 Å². The SMILES string of the molecule is FC(F)(F)c1cc(Sc2cc3ccccc3[n+](CCCCC[n+]3cc(Sc4cc(C(F)(F)F)cc(C(F)(F)F)c4)cc4ccccc43)c2)cc(C(F)(F)F)c1.